The molecule has 0 unspecified atom stereocenters. The molecule has 2 nitrogen and oxygen atoms in total. The summed E-state index contributed by atoms with van der Waals surface area (Å²) in [5.74, 6) is 0. The van der Waals surface area contributed by atoms with E-state index in [0.29, 0.717) is 0 Å². The molecule has 0 aliphatic heterocycles. The molecule has 1 aromatic carbocycles. The molecular weight excluding hydrogens is 256 g/mol. The Balaban J connectivity index is 2.53. The molecule has 2 aromatic rings. The Labute approximate surface area is 129 Å². The van der Waals surface area contributed by atoms with Crippen molar-refractivity contribution >= 4 is 16.6 Å². The summed E-state index contributed by atoms with van der Waals surface area (Å²) in [7, 11) is 0. The summed E-state index contributed by atoms with van der Waals surface area (Å²) in [4.78, 5) is 4.80. The second-order valence-electron chi connectivity index (χ2n) is 5.79. The Morgan fingerprint density at radius 3 is 2.57 bits per heavy atom. The molecule has 114 valence electrons. The van der Waals surface area contributed by atoms with Gasteiger partial charge in [0.05, 0.1) is 5.52 Å². The highest BCUT2D eigenvalue weighted by molar-refractivity contribution is 5.94. The van der Waals surface area contributed by atoms with Crippen LogP contribution in [-0.2, 0) is 12.8 Å². The zero-order chi connectivity index (χ0) is 15.2. The van der Waals surface area contributed by atoms with E-state index in [4.69, 9.17) is 4.98 Å². The van der Waals surface area contributed by atoms with Gasteiger partial charge in [0.25, 0.3) is 0 Å². The van der Waals surface area contributed by atoms with Crippen LogP contribution in [0.5, 0.6) is 0 Å². The molecule has 21 heavy (non-hydrogen) atoms. The van der Waals surface area contributed by atoms with Gasteiger partial charge in [0.15, 0.2) is 0 Å². The fraction of sp³-hybridized carbons (Fsp3) is 0.526. The summed E-state index contributed by atoms with van der Waals surface area (Å²) < 4.78 is 0. The van der Waals surface area contributed by atoms with E-state index in [1.807, 2.05) is 0 Å². The van der Waals surface area contributed by atoms with Crippen LogP contribution in [0.1, 0.15) is 56.9 Å². The van der Waals surface area contributed by atoms with Gasteiger partial charge in [0.2, 0.25) is 0 Å². The van der Waals surface area contributed by atoms with E-state index in [1.165, 1.54) is 35.0 Å². The first kappa shape index (κ1) is 15.8. The third-order valence-corrected chi connectivity index (χ3v) is 4.08. The number of nitrogens with zero attached hydrogens (tertiary/aromatic N) is 1. The van der Waals surface area contributed by atoms with Gasteiger partial charge in [-0.15, -0.1) is 0 Å². The minimum Gasteiger partial charge on any atom is -0.384 e. The van der Waals surface area contributed by atoms with Gasteiger partial charge in [-0.25, -0.2) is 0 Å². The molecule has 0 radical (unpaired) electrons. The molecule has 1 aromatic heterocycles. The monoisotopic (exact) mass is 284 g/mol. The van der Waals surface area contributed by atoms with Gasteiger partial charge in [0.1, 0.15) is 0 Å². The molecule has 0 spiro atoms. The van der Waals surface area contributed by atoms with Crippen LogP contribution in [0.3, 0.4) is 0 Å². The summed E-state index contributed by atoms with van der Waals surface area (Å²) in [6.45, 7) is 9.82. The van der Waals surface area contributed by atoms with Gasteiger partial charge in [0, 0.05) is 23.3 Å². The maximum Gasteiger partial charge on any atom is 0.0726 e. The maximum absolute atomic E-state index is 4.80. The van der Waals surface area contributed by atoms with Crippen molar-refractivity contribution in [3.63, 3.8) is 0 Å². The Bertz CT molecular complexity index is 602. The average Bonchev–Trinajstić information content (AvgIpc) is 2.50. The Morgan fingerprint density at radius 2 is 1.90 bits per heavy atom. The minimum absolute atomic E-state index is 1.02. The molecule has 0 atom stereocenters. The van der Waals surface area contributed by atoms with Crippen LogP contribution in [0.2, 0.25) is 0 Å². The van der Waals surface area contributed by atoms with E-state index in [0.717, 1.165) is 37.0 Å². The minimum atomic E-state index is 1.02. The SMILES string of the molecule is CCCCc1ccc2nc(C)c(CC)c(NCCC)c2c1. The summed E-state index contributed by atoms with van der Waals surface area (Å²) in [5, 5.41) is 4.93. The fourth-order valence-electron chi connectivity index (χ4n) is 2.89. The average molecular weight is 284 g/mol. The molecule has 0 aliphatic rings. The second kappa shape index (κ2) is 7.44. The van der Waals surface area contributed by atoms with Crippen molar-refractivity contribution in [1.29, 1.82) is 0 Å². The van der Waals surface area contributed by atoms with Crippen molar-refractivity contribution < 1.29 is 0 Å². The Morgan fingerprint density at radius 1 is 1.10 bits per heavy atom. The number of nitrogens with one attached hydrogen (secondary N) is 1. The third-order valence-electron chi connectivity index (χ3n) is 4.08. The lowest BCUT2D eigenvalue weighted by Gasteiger charge is -2.16. The molecule has 0 amide bonds. The van der Waals surface area contributed by atoms with Crippen LogP contribution in [0.25, 0.3) is 10.9 Å². The number of hydrogen-bond acceptors (Lipinski definition) is 2. The number of rotatable bonds is 7. The second-order valence-corrected chi connectivity index (χ2v) is 5.79. The van der Waals surface area contributed by atoms with Crippen molar-refractivity contribution in [1.82, 2.24) is 4.98 Å². The van der Waals surface area contributed by atoms with Crippen molar-refractivity contribution in [2.24, 2.45) is 0 Å². The predicted octanol–water partition coefficient (Wildman–Crippen LogP) is 5.27. The van der Waals surface area contributed by atoms with Gasteiger partial charge < -0.3 is 5.32 Å². The summed E-state index contributed by atoms with van der Waals surface area (Å²) >= 11 is 0. The van der Waals surface area contributed by atoms with Gasteiger partial charge in [-0.1, -0.05) is 33.3 Å². The van der Waals surface area contributed by atoms with E-state index in [1.54, 1.807) is 0 Å². The lowest BCUT2D eigenvalue weighted by atomic mass is 10.00. The molecule has 1 N–H and O–H groups in total. The van der Waals surface area contributed by atoms with Gasteiger partial charge >= 0.3 is 0 Å². The molecule has 1 heterocycles. The lowest BCUT2D eigenvalue weighted by molar-refractivity contribution is 0.796. The predicted molar refractivity (Wildman–Crippen MR) is 93.3 cm³/mol. The molecule has 2 heteroatoms. The number of aromatic nitrogens is 1. The highest BCUT2D eigenvalue weighted by Crippen LogP contribution is 2.30. The van der Waals surface area contributed by atoms with Crippen molar-refractivity contribution in [2.45, 2.75) is 59.8 Å². The fourth-order valence-corrected chi connectivity index (χ4v) is 2.89. The van der Waals surface area contributed by atoms with Gasteiger partial charge in [-0.3, -0.25) is 4.98 Å². The molecular formula is C19H28N2. The number of anilines is 1. The highest BCUT2D eigenvalue weighted by Gasteiger charge is 2.11. The van der Waals surface area contributed by atoms with Crippen molar-refractivity contribution in [3.8, 4) is 0 Å². The first-order valence-electron chi connectivity index (χ1n) is 8.37. The van der Waals surface area contributed by atoms with E-state index < -0.39 is 0 Å². The Hall–Kier alpha value is -1.57. The number of benzene rings is 1. The summed E-state index contributed by atoms with van der Waals surface area (Å²) in [6.07, 6.45) is 5.82. The molecule has 0 saturated heterocycles. The largest absolute Gasteiger partial charge is 0.384 e. The number of pyridine rings is 1. The summed E-state index contributed by atoms with van der Waals surface area (Å²) in [6, 6.07) is 6.76. The zero-order valence-corrected chi connectivity index (χ0v) is 13.9. The van der Waals surface area contributed by atoms with Crippen LogP contribution < -0.4 is 5.32 Å². The molecule has 0 aliphatic carbocycles. The normalized spacial score (nSPS) is 11.0. The smallest absolute Gasteiger partial charge is 0.0726 e. The number of fused-ring (bicyclic) bond motifs is 1. The molecule has 0 fully saturated rings. The van der Waals surface area contributed by atoms with Gasteiger partial charge in [-0.05, 0) is 55.9 Å². The van der Waals surface area contributed by atoms with Crippen LogP contribution >= 0.6 is 0 Å². The first-order chi connectivity index (χ1) is 10.2. The van der Waals surface area contributed by atoms with Crippen molar-refractivity contribution in [2.75, 3.05) is 11.9 Å². The first-order valence-corrected chi connectivity index (χ1v) is 8.37. The van der Waals surface area contributed by atoms with E-state index in [2.05, 4.69) is 51.2 Å². The van der Waals surface area contributed by atoms with Gasteiger partial charge in [-0.2, -0.15) is 0 Å². The quantitative estimate of drug-likeness (QED) is 0.749. The third kappa shape index (κ3) is 3.55. The number of unbranched alkanes of at least 4 members (excludes halogenated alkanes) is 1. The van der Waals surface area contributed by atoms with E-state index in [9.17, 15) is 0 Å². The molecule has 0 bridgehead atoms. The topological polar surface area (TPSA) is 24.9 Å². The molecule has 0 saturated carbocycles. The van der Waals surface area contributed by atoms with Crippen LogP contribution in [0, 0.1) is 6.92 Å². The van der Waals surface area contributed by atoms with E-state index >= 15 is 0 Å². The van der Waals surface area contributed by atoms with Crippen LogP contribution in [0.4, 0.5) is 5.69 Å². The van der Waals surface area contributed by atoms with Crippen LogP contribution in [-0.4, -0.2) is 11.5 Å². The highest BCUT2D eigenvalue weighted by atomic mass is 14.9. The van der Waals surface area contributed by atoms with Crippen LogP contribution in [0.15, 0.2) is 18.2 Å². The lowest BCUT2D eigenvalue weighted by Crippen LogP contribution is -2.06. The van der Waals surface area contributed by atoms with Crippen molar-refractivity contribution in [3.05, 3.63) is 35.0 Å². The Kier molecular flexibility index (Phi) is 5.60. The molecule has 2 rings (SSSR count). The van der Waals surface area contributed by atoms with E-state index in [-0.39, 0.29) is 0 Å². The maximum atomic E-state index is 4.80. The number of aryl methyl sites for hydroxylation is 2. The number of hydrogen-bond donors (Lipinski definition) is 1. The zero-order valence-electron chi connectivity index (χ0n) is 13.9. The standard InChI is InChI=1S/C19H28N2/c1-5-8-9-15-10-11-18-17(13-15)19(20-12-6-2)16(7-3)14(4)21-18/h10-11,13H,5-9,12H2,1-4H3,(H,20,21). The summed E-state index contributed by atoms with van der Waals surface area (Å²) in [5.41, 5.74) is 6.37.